The number of nitrogens with one attached hydrogen (secondary N) is 2. The fraction of sp³-hybridized carbons (Fsp3) is 1.00. The SMILES string of the molecule is CCCCC(CC)CNC(C)CNCC(C)C. The highest BCUT2D eigenvalue weighted by molar-refractivity contribution is 4.68. The van der Waals surface area contributed by atoms with E-state index in [9.17, 15) is 0 Å². The van der Waals surface area contributed by atoms with Gasteiger partial charge in [-0.3, -0.25) is 0 Å². The van der Waals surface area contributed by atoms with Gasteiger partial charge in [0, 0.05) is 12.6 Å². The van der Waals surface area contributed by atoms with Crippen LogP contribution in [0.3, 0.4) is 0 Å². The molecule has 0 fully saturated rings. The normalized spacial score (nSPS) is 15.2. The summed E-state index contributed by atoms with van der Waals surface area (Å²) in [5, 5.41) is 7.16. The monoisotopic (exact) mass is 242 g/mol. The second-order valence-corrected chi connectivity index (χ2v) is 5.78. The Hall–Kier alpha value is -0.0800. The van der Waals surface area contributed by atoms with Crippen LogP contribution in [0.4, 0.5) is 0 Å². The first-order valence-corrected chi connectivity index (χ1v) is 7.54. The van der Waals surface area contributed by atoms with Gasteiger partial charge >= 0.3 is 0 Å². The van der Waals surface area contributed by atoms with Crippen LogP contribution < -0.4 is 10.6 Å². The highest BCUT2D eigenvalue weighted by Crippen LogP contribution is 2.11. The van der Waals surface area contributed by atoms with E-state index in [2.05, 4.69) is 45.3 Å². The number of rotatable bonds is 11. The molecule has 2 N–H and O–H groups in total. The lowest BCUT2D eigenvalue weighted by Gasteiger charge is -2.20. The lowest BCUT2D eigenvalue weighted by atomic mass is 9.99. The molecule has 0 amide bonds. The zero-order chi connectivity index (χ0) is 13.1. The van der Waals surface area contributed by atoms with Crippen molar-refractivity contribution in [3.63, 3.8) is 0 Å². The maximum absolute atomic E-state index is 3.65. The molecule has 0 aromatic rings. The molecule has 0 aromatic carbocycles. The molecule has 2 heteroatoms. The molecule has 2 atom stereocenters. The van der Waals surface area contributed by atoms with E-state index in [1.54, 1.807) is 0 Å². The summed E-state index contributed by atoms with van der Waals surface area (Å²) >= 11 is 0. The molecule has 0 rings (SSSR count). The third kappa shape index (κ3) is 10.8. The van der Waals surface area contributed by atoms with Crippen molar-refractivity contribution in [2.75, 3.05) is 19.6 Å². The predicted octanol–water partition coefficient (Wildman–Crippen LogP) is 3.43. The van der Waals surface area contributed by atoms with E-state index in [-0.39, 0.29) is 0 Å². The highest BCUT2D eigenvalue weighted by Gasteiger charge is 2.08. The molecule has 0 saturated carbocycles. The van der Waals surface area contributed by atoms with Crippen molar-refractivity contribution in [3.8, 4) is 0 Å². The molecule has 0 spiro atoms. The third-order valence-corrected chi connectivity index (χ3v) is 3.30. The molecule has 2 nitrogen and oxygen atoms in total. The van der Waals surface area contributed by atoms with Crippen molar-refractivity contribution in [1.82, 2.24) is 10.6 Å². The molecule has 0 radical (unpaired) electrons. The van der Waals surface area contributed by atoms with Crippen LogP contribution in [0.5, 0.6) is 0 Å². The lowest BCUT2D eigenvalue weighted by molar-refractivity contribution is 0.384. The van der Waals surface area contributed by atoms with Gasteiger partial charge in [0.25, 0.3) is 0 Å². The standard InChI is InChI=1S/C15H34N2/c1-6-8-9-15(7-2)12-17-14(5)11-16-10-13(3)4/h13-17H,6-12H2,1-5H3. The Morgan fingerprint density at radius 2 is 1.65 bits per heavy atom. The summed E-state index contributed by atoms with van der Waals surface area (Å²) in [7, 11) is 0. The molecule has 0 aromatic heterocycles. The third-order valence-electron chi connectivity index (χ3n) is 3.30. The Morgan fingerprint density at radius 1 is 0.941 bits per heavy atom. The molecule has 0 aliphatic heterocycles. The van der Waals surface area contributed by atoms with Gasteiger partial charge < -0.3 is 10.6 Å². The molecular formula is C15H34N2. The van der Waals surface area contributed by atoms with Crippen LogP contribution in [0.25, 0.3) is 0 Å². The van der Waals surface area contributed by atoms with E-state index >= 15 is 0 Å². The maximum Gasteiger partial charge on any atom is 0.0164 e. The number of unbranched alkanes of at least 4 members (excludes halogenated alkanes) is 1. The van der Waals surface area contributed by atoms with Crippen LogP contribution in [0.1, 0.15) is 60.3 Å². The molecule has 0 saturated heterocycles. The Morgan fingerprint density at radius 3 is 2.18 bits per heavy atom. The zero-order valence-electron chi connectivity index (χ0n) is 12.7. The summed E-state index contributed by atoms with van der Waals surface area (Å²) in [6.45, 7) is 14.8. The number of hydrogen-bond acceptors (Lipinski definition) is 2. The van der Waals surface area contributed by atoms with Crippen LogP contribution in [0.15, 0.2) is 0 Å². The molecule has 0 aliphatic carbocycles. The summed E-state index contributed by atoms with van der Waals surface area (Å²) < 4.78 is 0. The average molecular weight is 242 g/mol. The van der Waals surface area contributed by atoms with Crippen LogP contribution in [0, 0.1) is 11.8 Å². The number of hydrogen-bond donors (Lipinski definition) is 2. The average Bonchev–Trinajstić information content (AvgIpc) is 2.29. The van der Waals surface area contributed by atoms with E-state index in [0.717, 1.165) is 24.9 Å². The highest BCUT2D eigenvalue weighted by atomic mass is 15.0. The van der Waals surface area contributed by atoms with Crippen molar-refractivity contribution < 1.29 is 0 Å². The van der Waals surface area contributed by atoms with E-state index in [1.807, 2.05) is 0 Å². The first-order chi connectivity index (χ1) is 8.10. The fourth-order valence-electron chi connectivity index (χ4n) is 1.97. The molecule has 0 bridgehead atoms. The van der Waals surface area contributed by atoms with Crippen LogP contribution in [-0.2, 0) is 0 Å². The first-order valence-electron chi connectivity index (χ1n) is 7.54. The predicted molar refractivity (Wildman–Crippen MR) is 78.5 cm³/mol. The van der Waals surface area contributed by atoms with Gasteiger partial charge in [0.1, 0.15) is 0 Å². The van der Waals surface area contributed by atoms with Crippen molar-refractivity contribution in [3.05, 3.63) is 0 Å². The van der Waals surface area contributed by atoms with Gasteiger partial charge in [-0.25, -0.2) is 0 Å². The molecule has 0 heterocycles. The van der Waals surface area contributed by atoms with Gasteiger partial charge in [0.05, 0.1) is 0 Å². The van der Waals surface area contributed by atoms with E-state index in [0.29, 0.717) is 6.04 Å². The maximum atomic E-state index is 3.65. The summed E-state index contributed by atoms with van der Waals surface area (Å²) in [6.07, 6.45) is 5.38. The molecule has 17 heavy (non-hydrogen) atoms. The summed E-state index contributed by atoms with van der Waals surface area (Å²) in [6, 6.07) is 0.587. The summed E-state index contributed by atoms with van der Waals surface area (Å²) in [4.78, 5) is 0. The van der Waals surface area contributed by atoms with E-state index < -0.39 is 0 Å². The van der Waals surface area contributed by atoms with Crippen molar-refractivity contribution in [2.24, 2.45) is 11.8 Å². The van der Waals surface area contributed by atoms with Gasteiger partial charge in [-0.15, -0.1) is 0 Å². The van der Waals surface area contributed by atoms with Gasteiger partial charge in [-0.1, -0.05) is 47.0 Å². The summed E-state index contributed by atoms with van der Waals surface area (Å²) in [5.41, 5.74) is 0. The van der Waals surface area contributed by atoms with Crippen molar-refractivity contribution in [1.29, 1.82) is 0 Å². The molecule has 2 unspecified atom stereocenters. The van der Waals surface area contributed by atoms with Crippen LogP contribution >= 0.6 is 0 Å². The quantitative estimate of drug-likeness (QED) is 0.580. The van der Waals surface area contributed by atoms with E-state index in [4.69, 9.17) is 0 Å². The van der Waals surface area contributed by atoms with Crippen LogP contribution in [-0.4, -0.2) is 25.7 Å². The fourth-order valence-corrected chi connectivity index (χ4v) is 1.97. The minimum Gasteiger partial charge on any atom is -0.315 e. The van der Waals surface area contributed by atoms with Gasteiger partial charge in [-0.05, 0) is 38.3 Å². The molecule has 104 valence electrons. The first kappa shape index (κ1) is 16.9. The summed E-state index contributed by atoms with van der Waals surface area (Å²) in [5.74, 6) is 1.61. The Bertz CT molecular complexity index is 157. The largest absolute Gasteiger partial charge is 0.315 e. The second kappa shape index (κ2) is 11.0. The minimum absolute atomic E-state index is 0.587. The van der Waals surface area contributed by atoms with E-state index in [1.165, 1.54) is 32.2 Å². The minimum atomic E-state index is 0.587. The molecule has 0 aliphatic rings. The van der Waals surface area contributed by atoms with Crippen molar-refractivity contribution in [2.45, 2.75) is 66.3 Å². The topological polar surface area (TPSA) is 24.1 Å². The lowest BCUT2D eigenvalue weighted by Crippen LogP contribution is -2.39. The van der Waals surface area contributed by atoms with Crippen LogP contribution in [0.2, 0.25) is 0 Å². The van der Waals surface area contributed by atoms with Crippen molar-refractivity contribution >= 4 is 0 Å². The van der Waals surface area contributed by atoms with Gasteiger partial charge in [0.15, 0.2) is 0 Å². The smallest absolute Gasteiger partial charge is 0.0164 e. The Labute approximate surface area is 109 Å². The zero-order valence-corrected chi connectivity index (χ0v) is 12.7. The Balaban J connectivity index is 3.55. The molecular weight excluding hydrogens is 208 g/mol. The Kier molecular flexibility index (Phi) is 11.0. The second-order valence-electron chi connectivity index (χ2n) is 5.78. The van der Waals surface area contributed by atoms with Gasteiger partial charge in [0.2, 0.25) is 0 Å². The van der Waals surface area contributed by atoms with Gasteiger partial charge in [-0.2, -0.15) is 0 Å².